The number of unbranched alkanes of at least 4 members (excludes halogenated alkanes) is 37. The standard InChI is InChI=1S/C67H120O6/c1-4-7-10-13-15-17-19-21-23-25-26-27-28-29-30-31-32-33-34-35-36-37-38-39-40-42-43-45-47-49-51-54-57-60-66(69)72-63-64(62-71-65(68)59-56-53-12-9-6-3)73-67(70)61-58-55-52-50-48-46-44-41-24-22-20-18-16-14-11-8-5-2/h8,11,16,18-19,21-22,24-26,64H,4-7,9-10,12-15,17,20,23,27-63H2,1-3H3/b11-8-,18-16-,21-19-,24-22-,26-25-. The molecule has 0 aromatic rings. The van der Waals surface area contributed by atoms with Gasteiger partial charge in [-0.15, -0.1) is 0 Å². The van der Waals surface area contributed by atoms with E-state index in [1.54, 1.807) is 0 Å². The van der Waals surface area contributed by atoms with Crippen LogP contribution in [0.4, 0.5) is 0 Å². The van der Waals surface area contributed by atoms with Crippen LogP contribution in [0.1, 0.15) is 329 Å². The second-order valence-corrected chi connectivity index (χ2v) is 21.3. The summed E-state index contributed by atoms with van der Waals surface area (Å²) in [7, 11) is 0. The van der Waals surface area contributed by atoms with E-state index >= 15 is 0 Å². The highest BCUT2D eigenvalue weighted by Crippen LogP contribution is 2.17. The highest BCUT2D eigenvalue weighted by molar-refractivity contribution is 5.71. The predicted molar refractivity (Wildman–Crippen MR) is 316 cm³/mol. The fraction of sp³-hybridized carbons (Fsp3) is 0.806. The largest absolute Gasteiger partial charge is 0.462 e. The summed E-state index contributed by atoms with van der Waals surface area (Å²) >= 11 is 0. The Morgan fingerprint density at radius 1 is 0.288 bits per heavy atom. The molecule has 1 atom stereocenters. The van der Waals surface area contributed by atoms with E-state index in [0.29, 0.717) is 19.3 Å². The molecule has 0 radical (unpaired) electrons. The van der Waals surface area contributed by atoms with Crippen molar-refractivity contribution in [2.45, 2.75) is 335 Å². The fourth-order valence-corrected chi connectivity index (χ4v) is 9.25. The average molecular weight is 1020 g/mol. The summed E-state index contributed by atoms with van der Waals surface area (Å²) in [5.74, 6) is -0.886. The second-order valence-electron chi connectivity index (χ2n) is 21.3. The molecule has 0 aliphatic rings. The lowest BCUT2D eigenvalue weighted by molar-refractivity contribution is -0.167. The van der Waals surface area contributed by atoms with Gasteiger partial charge in [0, 0.05) is 19.3 Å². The first-order valence-electron chi connectivity index (χ1n) is 31.8. The van der Waals surface area contributed by atoms with E-state index in [2.05, 4.69) is 81.5 Å². The molecule has 0 fully saturated rings. The Morgan fingerprint density at radius 3 is 0.836 bits per heavy atom. The van der Waals surface area contributed by atoms with Crippen molar-refractivity contribution in [2.24, 2.45) is 0 Å². The third-order valence-corrected chi connectivity index (χ3v) is 14.0. The molecule has 0 saturated heterocycles. The minimum Gasteiger partial charge on any atom is -0.462 e. The summed E-state index contributed by atoms with van der Waals surface area (Å²) in [5.41, 5.74) is 0. The molecule has 0 aromatic heterocycles. The van der Waals surface area contributed by atoms with Gasteiger partial charge in [-0.1, -0.05) is 287 Å². The lowest BCUT2D eigenvalue weighted by Gasteiger charge is -2.18. The smallest absolute Gasteiger partial charge is 0.306 e. The Hall–Kier alpha value is -2.89. The Kier molecular flexibility index (Phi) is 59.2. The zero-order valence-corrected chi connectivity index (χ0v) is 48.7. The number of ether oxygens (including phenoxy) is 3. The van der Waals surface area contributed by atoms with Crippen LogP contribution in [0.25, 0.3) is 0 Å². The zero-order chi connectivity index (χ0) is 52.9. The van der Waals surface area contributed by atoms with Gasteiger partial charge in [-0.25, -0.2) is 0 Å². The molecule has 0 heterocycles. The number of rotatable bonds is 58. The molecule has 0 N–H and O–H groups in total. The van der Waals surface area contributed by atoms with Crippen LogP contribution < -0.4 is 0 Å². The third-order valence-electron chi connectivity index (χ3n) is 14.0. The van der Waals surface area contributed by atoms with Crippen LogP contribution in [0, 0.1) is 0 Å². The van der Waals surface area contributed by atoms with Crippen LogP contribution in [-0.2, 0) is 28.6 Å². The first-order valence-corrected chi connectivity index (χ1v) is 31.8. The maximum atomic E-state index is 12.8. The number of carbonyl (C=O) groups is 3. The van der Waals surface area contributed by atoms with Crippen LogP contribution in [0.3, 0.4) is 0 Å². The van der Waals surface area contributed by atoms with Gasteiger partial charge in [0.15, 0.2) is 6.10 Å². The minimum absolute atomic E-state index is 0.0753. The molecular weight excluding hydrogens is 901 g/mol. The average Bonchev–Trinajstić information content (AvgIpc) is 3.39. The van der Waals surface area contributed by atoms with Gasteiger partial charge < -0.3 is 14.2 Å². The van der Waals surface area contributed by atoms with Crippen LogP contribution >= 0.6 is 0 Å². The highest BCUT2D eigenvalue weighted by Gasteiger charge is 2.19. The first-order chi connectivity index (χ1) is 36.0. The molecule has 0 aliphatic heterocycles. The van der Waals surface area contributed by atoms with Gasteiger partial charge in [0.1, 0.15) is 13.2 Å². The summed E-state index contributed by atoms with van der Waals surface area (Å²) in [5, 5.41) is 0. The molecule has 6 heteroatoms. The lowest BCUT2D eigenvalue weighted by atomic mass is 10.0. The van der Waals surface area contributed by atoms with E-state index < -0.39 is 6.10 Å². The molecule has 6 nitrogen and oxygen atoms in total. The maximum absolute atomic E-state index is 12.8. The quantitative estimate of drug-likeness (QED) is 0.0261. The summed E-state index contributed by atoms with van der Waals surface area (Å²) in [6, 6.07) is 0. The van der Waals surface area contributed by atoms with Crippen molar-refractivity contribution in [3.63, 3.8) is 0 Å². The van der Waals surface area contributed by atoms with Gasteiger partial charge >= 0.3 is 17.9 Å². The van der Waals surface area contributed by atoms with Crippen molar-refractivity contribution >= 4 is 17.9 Å². The SMILES string of the molecule is CC/C=C\C/C=C\C/C=C\CCCCCCCCCC(=O)OC(COC(=O)CCCCCCC)COC(=O)CCCCCCCCCCCCCCCCCCCCCCC/C=C\C/C=C\CCCCCCC. The monoisotopic (exact) mass is 1020 g/mol. The molecule has 0 aliphatic carbocycles. The van der Waals surface area contributed by atoms with E-state index in [0.717, 1.165) is 96.3 Å². The van der Waals surface area contributed by atoms with Crippen molar-refractivity contribution in [1.82, 2.24) is 0 Å². The molecule has 1 unspecified atom stereocenters. The number of carbonyl (C=O) groups excluding carboxylic acids is 3. The molecule has 0 spiro atoms. The minimum atomic E-state index is -0.774. The Morgan fingerprint density at radius 2 is 0.534 bits per heavy atom. The molecule has 0 bridgehead atoms. The van der Waals surface area contributed by atoms with Gasteiger partial charge in [0.25, 0.3) is 0 Å². The number of esters is 3. The van der Waals surface area contributed by atoms with E-state index in [4.69, 9.17) is 14.2 Å². The maximum Gasteiger partial charge on any atom is 0.306 e. The van der Waals surface area contributed by atoms with E-state index in [-0.39, 0.29) is 31.1 Å². The molecular formula is C67H120O6. The molecule has 0 rings (SSSR count). The van der Waals surface area contributed by atoms with Crippen molar-refractivity contribution in [3.8, 4) is 0 Å². The van der Waals surface area contributed by atoms with Gasteiger partial charge in [-0.2, -0.15) is 0 Å². The second kappa shape index (κ2) is 61.7. The van der Waals surface area contributed by atoms with Gasteiger partial charge in [-0.3, -0.25) is 14.4 Å². The fourth-order valence-electron chi connectivity index (χ4n) is 9.25. The topological polar surface area (TPSA) is 78.9 Å². The molecule has 0 aromatic carbocycles. The molecule has 0 saturated carbocycles. The molecule has 73 heavy (non-hydrogen) atoms. The van der Waals surface area contributed by atoms with Gasteiger partial charge in [0.2, 0.25) is 0 Å². The summed E-state index contributed by atoms with van der Waals surface area (Å²) < 4.78 is 16.7. The van der Waals surface area contributed by atoms with E-state index in [1.165, 1.54) is 193 Å². The summed E-state index contributed by atoms with van der Waals surface area (Å²) in [4.78, 5) is 37.8. The Balaban J connectivity index is 3.91. The predicted octanol–water partition coefficient (Wildman–Crippen LogP) is 21.6. The van der Waals surface area contributed by atoms with Crippen molar-refractivity contribution in [1.29, 1.82) is 0 Å². The highest BCUT2D eigenvalue weighted by atomic mass is 16.6. The van der Waals surface area contributed by atoms with Gasteiger partial charge in [-0.05, 0) is 83.5 Å². The Labute approximate surface area is 453 Å². The number of hydrogen-bond donors (Lipinski definition) is 0. The van der Waals surface area contributed by atoms with E-state index in [1.807, 2.05) is 0 Å². The molecule has 0 amide bonds. The van der Waals surface area contributed by atoms with Crippen LogP contribution in [0.15, 0.2) is 60.8 Å². The normalized spacial score (nSPS) is 12.4. The van der Waals surface area contributed by atoms with Crippen molar-refractivity contribution in [3.05, 3.63) is 60.8 Å². The Bertz CT molecular complexity index is 1310. The van der Waals surface area contributed by atoms with E-state index in [9.17, 15) is 14.4 Å². The summed E-state index contributed by atoms with van der Waals surface area (Å²) in [6.45, 7) is 6.46. The van der Waals surface area contributed by atoms with Crippen LogP contribution in [-0.4, -0.2) is 37.2 Å². The molecule has 424 valence electrons. The third kappa shape index (κ3) is 59.9. The van der Waals surface area contributed by atoms with Crippen molar-refractivity contribution < 1.29 is 28.6 Å². The lowest BCUT2D eigenvalue weighted by Crippen LogP contribution is -2.30. The van der Waals surface area contributed by atoms with Crippen LogP contribution in [0.5, 0.6) is 0 Å². The van der Waals surface area contributed by atoms with Crippen molar-refractivity contribution in [2.75, 3.05) is 13.2 Å². The van der Waals surface area contributed by atoms with Gasteiger partial charge in [0.05, 0.1) is 0 Å². The number of allylic oxidation sites excluding steroid dienone is 10. The summed E-state index contributed by atoms with van der Waals surface area (Å²) in [6.07, 6.45) is 78.7. The van der Waals surface area contributed by atoms with Crippen LogP contribution in [0.2, 0.25) is 0 Å². The zero-order valence-electron chi connectivity index (χ0n) is 48.7. The number of hydrogen-bond acceptors (Lipinski definition) is 6. The first kappa shape index (κ1) is 70.1.